The Bertz CT molecular complexity index is 633. The van der Waals surface area contributed by atoms with Gasteiger partial charge in [-0.25, -0.2) is 4.98 Å². The number of benzene rings is 1. The fourth-order valence-electron chi connectivity index (χ4n) is 1.36. The largest absolute Gasteiger partial charge is 0.315 e. The molecule has 96 valence electrons. The number of hydrogen-bond acceptors (Lipinski definition) is 5. The number of carbonyl (C=O) groups excluding carboxylic acids is 1. The molecular formula is C11H7ClN4O3. The Hall–Kier alpha value is -2.54. The van der Waals surface area contributed by atoms with E-state index < -0.39 is 10.8 Å². The molecular weight excluding hydrogens is 272 g/mol. The van der Waals surface area contributed by atoms with Gasteiger partial charge in [-0.05, 0) is 12.1 Å². The number of anilines is 1. The molecule has 0 saturated heterocycles. The maximum absolute atomic E-state index is 11.8. The molecule has 0 bridgehead atoms. The number of halogens is 1. The Morgan fingerprint density at radius 1 is 1.37 bits per heavy atom. The molecule has 1 aromatic heterocycles. The van der Waals surface area contributed by atoms with Crippen LogP contribution in [0.3, 0.4) is 0 Å². The number of rotatable bonds is 3. The third kappa shape index (κ3) is 3.02. The average molecular weight is 279 g/mol. The van der Waals surface area contributed by atoms with E-state index in [-0.39, 0.29) is 22.1 Å². The van der Waals surface area contributed by atoms with Crippen LogP contribution in [0.25, 0.3) is 0 Å². The minimum atomic E-state index is -0.627. The Morgan fingerprint density at radius 2 is 2.16 bits per heavy atom. The molecule has 0 radical (unpaired) electrons. The van der Waals surface area contributed by atoms with Crippen LogP contribution in [0.4, 0.5) is 11.4 Å². The van der Waals surface area contributed by atoms with Crippen molar-refractivity contribution in [2.24, 2.45) is 0 Å². The molecule has 2 aromatic rings. The summed E-state index contributed by atoms with van der Waals surface area (Å²) in [6, 6.07) is 3.96. The Balaban J connectivity index is 2.29. The van der Waals surface area contributed by atoms with Gasteiger partial charge in [-0.3, -0.25) is 19.9 Å². The van der Waals surface area contributed by atoms with E-state index in [4.69, 9.17) is 11.6 Å². The topological polar surface area (TPSA) is 98.0 Å². The highest BCUT2D eigenvalue weighted by Gasteiger charge is 2.17. The normalized spacial score (nSPS) is 9.95. The monoisotopic (exact) mass is 278 g/mol. The average Bonchev–Trinajstić information content (AvgIpc) is 2.41. The van der Waals surface area contributed by atoms with Gasteiger partial charge in [-0.15, -0.1) is 0 Å². The number of amides is 1. The smallest absolute Gasteiger partial charge is 0.294 e. The predicted molar refractivity (Wildman–Crippen MR) is 68.1 cm³/mol. The SMILES string of the molecule is O=C(Nc1ccc(Cl)cc1[N+](=O)[O-])c1cnccn1. The maximum Gasteiger partial charge on any atom is 0.294 e. The zero-order chi connectivity index (χ0) is 13.8. The van der Waals surface area contributed by atoms with Gasteiger partial charge >= 0.3 is 0 Å². The summed E-state index contributed by atoms with van der Waals surface area (Å²) in [7, 11) is 0. The molecule has 19 heavy (non-hydrogen) atoms. The summed E-state index contributed by atoms with van der Waals surface area (Å²) in [6.45, 7) is 0. The zero-order valence-electron chi connectivity index (χ0n) is 9.41. The summed E-state index contributed by atoms with van der Waals surface area (Å²) in [5.41, 5.74) is -0.179. The van der Waals surface area contributed by atoms with Crippen LogP contribution in [0, 0.1) is 10.1 Å². The third-order valence-electron chi connectivity index (χ3n) is 2.20. The number of hydrogen-bond donors (Lipinski definition) is 1. The standard InChI is InChI=1S/C11H7ClN4O3/c12-7-1-2-8(10(5-7)16(18)19)15-11(17)9-6-13-3-4-14-9/h1-6H,(H,15,17). The molecule has 0 fully saturated rings. The molecule has 1 aromatic carbocycles. The van der Waals surface area contributed by atoms with Crippen LogP contribution in [0.1, 0.15) is 10.5 Å². The summed E-state index contributed by atoms with van der Waals surface area (Å²) in [5, 5.41) is 13.5. The van der Waals surface area contributed by atoms with Gasteiger partial charge in [-0.1, -0.05) is 11.6 Å². The van der Waals surface area contributed by atoms with Gasteiger partial charge in [0.15, 0.2) is 0 Å². The van der Waals surface area contributed by atoms with Crippen LogP contribution < -0.4 is 5.32 Å². The first-order valence-corrected chi connectivity index (χ1v) is 5.47. The van der Waals surface area contributed by atoms with E-state index in [0.29, 0.717) is 0 Å². The maximum atomic E-state index is 11.8. The van der Waals surface area contributed by atoms with Crippen LogP contribution in [-0.2, 0) is 0 Å². The van der Waals surface area contributed by atoms with Crippen LogP contribution in [0.2, 0.25) is 5.02 Å². The zero-order valence-corrected chi connectivity index (χ0v) is 10.2. The molecule has 0 aliphatic heterocycles. The van der Waals surface area contributed by atoms with Crippen molar-refractivity contribution >= 4 is 28.9 Å². The van der Waals surface area contributed by atoms with Crippen molar-refractivity contribution in [3.63, 3.8) is 0 Å². The van der Waals surface area contributed by atoms with E-state index in [2.05, 4.69) is 15.3 Å². The van der Waals surface area contributed by atoms with Gasteiger partial charge in [0.05, 0.1) is 11.1 Å². The minimum absolute atomic E-state index is 0.0463. The summed E-state index contributed by atoms with van der Waals surface area (Å²) >= 11 is 5.67. The highest BCUT2D eigenvalue weighted by atomic mass is 35.5. The minimum Gasteiger partial charge on any atom is -0.315 e. The Morgan fingerprint density at radius 3 is 2.79 bits per heavy atom. The van der Waals surface area contributed by atoms with E-state index >= 15 is 0 Å². The molecule has 2 rings (SSSR count). The van der Waals surface area contributed by atoms with Gasteiger partial charge < -0.3 is 5.32 Å². The molecule has 0 spiro atoms. The molecule has 7 nitrogen and oxygen atoms in total. The first kappa shape index (κ1) is 12.9. The summed E-state index contributed by atoms with van der Waals surface area (Å²) < 4.78 is 0. The number of carbonyl (C=O) groups is 1. The fraction of sp³-hybridized carbons (Fsp3) is 0. The lowest BCUT2D eigenvalue weighted by atomic mass is 10.2. The van der Waals surface area contributed by atoms with Crippen molar-refractivity contribution in [1.82, 2.24) is 9.97 Å². The molecule has 0 atom stereocenters. The van der Waals surface area contributed by atoms with E-state index in [9.17, 15) is 14.9 Å². The second-order valence-electron chi connectivity index (χ2n) is 3.46. The second-order valence-corrected chi connectivity index (χ2v) is 3.90. The summed E-state index contributed by atoms with van der Waals surface area (Å²) in [6.07, 6.45) is 4.03. The molecule has 0 saturated carbocycles. The van der Waals surface area contributed by atoms with Crippen molar-refractivity contribution in [2.45, 2.75) is 0 Å². The lowest BCUT2D eigenvalue weighted by Crippen LogP contribution is -2.14. The van der Waals surface area contributed by atoms with E-state index in [1.807, 2.05) is 0 Å². The van der Waals surface area contributed by atoms with Gasteiger partial charge in [-0.2, -0.15) is 0 Å². The number of nitro groups is 1. The number of nitro benzene ring substituents is 1. The first-order valence-electron chi connectivity index (χ1n) is 5.09. The van der Waals surface area contributed by atoms with Crippen molar-refractivity contribution in [3.05, 3.63) is 57.6 Å². The quantitative estimate of drug-likeness (QED) is 0.686. The second kappa shape index (κ2) is 5.40. The Kier molecular flexibility index (Phi) is 3.67. The van der Waals surface area contributed by atoms with Crippen LogP contribution in [0.15, 0.2) is 36.8 Å². The number of nitrogens with zero attached hydrogens (tertiary/aromatic N) is 3. The van der Waals surface area contributed by atoms with E-state index in [1.165, 1.54) is 30.7 Å². The van der Waals surface area contributed by atoms with Crippen molar-refractivity contribution in [1.29, 1.82) is 0 Å². The number of aromatic nitrogens is 2. The molecule has 0 aliphatic carbocycles. The molecule has 8 heteroatoms. The third-order valence-corrected chi connectivity index (χ3v) is 2.44. The fourth-order valence-corrected chi connectivity index (χ4v) is 1.53. The highest BCUT2D eigenvalue weighted by Crippen LogP contribution is 2.27. The molecule has 1 N–H and O–H groups in total. The van der Waals surface area contributed by atoms with Crippen LogP contribution in [-0.4, -0.2) is 20.8 Å². The molecule has 0 aliphatic rings. The van der Waals surface area contributed by atoms with Crippen molar-refractivity contribution in [3.8, 4) is 0 Å². The molecule has 0 unspecified atom stereocenters. The van der Waals surface area contributed by atoms with Crippen molar-refractivity contribution in [2.75, 3.05) is 5.32 Å². The predicted octanol–water partition coefficient (Wildman–Crippen LogP) is 2.29. The molecule has 1 heterocycles. The first-order chi connectivity index (χ1) is 9.08. The van der Waals surface area contributed by atoms with Crippen LogP contribution in [0.5, 0.6) is 0 Å². The van der Waals surface area contributed by atoms with Gasteiger partial charge in [0, 0.05) is 23.5 Å². The summed E-state index contributed by atoms with van der Waals surface area (Å²) in [5.74, 6) is -0.585. The lowest BCUT2D eigenvalue weighted by molar-refractivity contribution is -0.383. The summed E-state index contributed by atoms with van der Waals surface area (Å²) in [4.78, 5) is 29.6. The van der Waals surface area contributed by atoms with E-state index in [1.54, 1.807) is 0 Å². The van der Waals surface area contributed by atoms with Gasteiger partial charge in [0.2, 0.25) is 0 Å². The van der Waals surface area contributed by atoms with Crippen molar-refractivity contribution < 1.29 is 9.72 Å². The van der Waals surface area contributed by atoms with Crippen LogP contribution >= 0.6 is 11.6 Å². The molecule has 1 amide bonds. The highest BCUT2D eigenvalue weighted by molar-refractivity contribution is 6.31. The lowest BCUT2D eigenvalue weighted by Gasteiger charge is -2.05. The van der Waals surface area contributed by atoms with E-state index in [0.717, 1.165) is 6.07 Å². The Labute approximate surface area is 112 Å². The van der Waals surface area contributed by atoms with Gasteiger partial charge in [0.1, 0.15) is 11.4 Å². The number of nitrogens with one attached hydrogen (secondary N) is 1. The van der Waals surface area contributed by atoms with Gasteiger partial charge in [0.25, 0.3) is 11.6 Å².